The number of aromatic nitrogens is 1. The molecule has 1 aromatic heterocycles. The fourth-order valence-corrected chi connectivity index (χ4v) is 3.54. The quantitative estimate of drug-likeness (QED) is 0.770. The Labute approximate surface area is 127 Å². The van der Waals surface area contributed by atoms with Crippen LogP contribution >= 0.6 is 22.9 Å². The Balaban J connectivity index is 1.89. The first-order chi connectivity index (χ1) is 9.76. The molecule has 0 spiro atoms. The second-order valence-electron chi connectivity index (χ2n) is 4.70. The van der Waals surface area contributed by atoms with Gasteiger partial charge in [0.25, 0.3) is 0 Å². The number of benzene rings is 2. The van der Waals surface area contributed by atoms with Gasteiger partial charge in [-0.15, -0.1) is 11.3 Å². The van der Waals surface area contributed by atoms with Crippen molar-refractivity contribution in [3.63, 3.8) is 0 Å². The molecule has 0 aliphatic rings. The fourth-order valence-electron chi connectivity index (χ4n) is 2.25. The molecule has 1 N–H and O–H groups in total. The van der Waals surface area contributed by atoms with Crippen LogP contribution < -0.4 is 5.32 Å². The molecule has 3 rings (SSSR count). The van der Waals surface area contributed by atoms with Crippen molar-refractivity contribution in [3.05, 3.63) is 64.1 Å². The van der Waals surface area contributed by atoms with E-state index in [2.05, 4.69) is 29.6 Å². The minimum absolute atomic E-state index is 0.214. The Hall–Kier alpha value is -1.42. The summed E-state index contributed by atoms with van der Waals surface area (Å²) >= 11 is 7.80. The maximum Gasteiger partial charge on any atom is 0.111 e. The molecule has 4 heteroatoms. The molecule has 0 fully saturated rings. The summed E-state index contributed by atoms with van der Waals surface area (Å²) in [7, 11) is 1.97. The zero-order chi connectivity index (χ0) is 13.9. The van der Waals surface area contributed by atoms with E-state index in [-0.39, 0.29) is 6.04 Å². The normalized spacial score (nSPS) is 12.7. The van der Waals surface area contributed by atoms with Crippen molar-refractivity contribution in [2.75, 3.05) is 7.05 Å². The van der Waals surface area contributed by atoms with Gasteiger partial charge in [-0.2, -0.15) is 0 Å². The van der Waals surface area contributed by atoms with Gasteiger partial charge in [-0.3, -0.25) is 0 Å². The van der Waals surface area contributed by atoms with Crippen LogP contribution in [-0.4, -0.2) is 12.0 Å². The average molecular weight is 303 g/mol. The topological polar surface area (TPSA) is 24.9 Å². The fraction of sp³-hybridized carbons (Fsp3) is 0.188. The third-order valence-electron chi connectivity index (χ3n) is 3.29. The molecule has 2 nitrogen and oxygen atoms in total. The molecule has 0 aliphatic heterocycles. The van der Waals surface area contributed by atoms with E-state index in [0.29, 0.717) is 0 Å². The minimum atomic E-state index is 0.214. The van der Waals surface area contributed by atoms with E-state index in [4.69, 9.17) is 16.6 Å². The standard InChI is InChI=1S/C16H15ClN2S/c1-18-14(10-11-5-4-6-12(17)9-11)16-19-13-7-2-3-8-15(13)20-16/h2-9,14,18H,10H2,1H3. The second kappa shape index (κ2) is 5.92. The van der Waals surface area contributed by atoms with Crippen molar-refractivity contribution >= 4 is 33.2 Å². The van der Waals surface area contributed by atoms with Crippen LogP contribution in [0.25, 0.3) is 10.2 Å². The number of hydrogen-bond donors (Lipinski definition) is 1. The van der Waals surface area contributed by atoms with E-state index >= 15 is 0 Å². The van der Waals surface area contributed by atoms with E-state index in [1.54, 1.807) is 11.3 Å². The molecule has 2 aromatic carbocycles. The van der Waals surface area contributed by atoms with Crippen molar-refractivity contribution in [2.24, 2.45) is 0 Å². The zero-order valence-electron chi connectivity index (χ0n) is 11.1. The van der Waals surface area contributed by atoms with E-state index in [1.807, 2.05) is 31.3 Å². The van der Waals surface area contributed by atoms with Crippen LogP contribution in [0.1, 0.15) is 16.6 Å². The largest absolute Gasteiger partial charge is 0.311 e. The molecule has 1 heterocycles. The van der Waals surface area contributed by atoms with Crippen LogP contribution in [0.15, 0.2) is 48.5 Å². The zero-order valence-corrected chi connectivity index (χ0v) is 12.7. The summed E-state index contributed by atoms with van der Waals surface area (Å²) in [5.74, 6) is 0. The Morgan fingerprint density at radius 2 is 2.05 bits per heavy atom. The van der Waals surface area contributed by atoms with Crippen LogP contribution in [0.3, 0.4) is 0 Å². The molecular weight excluding hydrogens is 288 g/mol. The number of hydrogen-bond acceptors (Lipinski definition) is 3. The smallest absolute Gasteiger partial charge is 0.111 e. The van der Waals surface area contributed by atoms with E-state index in [1.165, 1.54) is 10.3 Å². The lowest BCUT2D eigenvalue weighted by Crippen LogP contribution is -2.18. The molecular formula is C16H15ClN2S. The first-order valence-corrected chi connectivity index (χ1v) is 7.73. The second-order valence-corrected chi connectivity index (χ2v) is 6.19. The lowest BCUT2D eigenvalue weighted by molar-refractivity contribution is 0.589. The molecule has 0 amide bonds. The predicted octanol–water partition coefficient (Wildman–Crippen LogP) is 4.45. The maximum absolute atomic E-state index is 6.05. The van der Waals surface area contributed by atoms with Gasteiger partial charge in [0.1, 0.15) is 5.01 Å². The third kappa shape index (κ3) is 2.85. The Kier molecular flexibility index (Phi) is 4.01. The number of thiazole rings is 1. The van der Waals surface area contributed by atoms with Crippen LogP contribution in [0, 0.1) is 0 Å². The number of fused-ring (bicyclic) bond motifs is 1. The van der Waals surface area contributed by atoms with Crippen LogP contribution in [0.4, 0.5) is 0 Å². The maximum atomic E-state index is 6.05. The highest BCUT2D eigenvalue weighted by Gasteiger charge is 2.15. The third-order valence-corrected chi connectivity index (χ3v) is 4.67. The monoisotopic (exact) mass is 302 g/mol. The minimum Gasteiger partial charge on any atom is -0.311 e. The molecule has 3 aromatic rings. The number of nitrogens with zero attached hydrogens (tertiary/aromatic N) is 1. The van der Waals surface area contributed by atoms with Gasteiger partial charge < -0.3 is 5.32 Å². The van der Waals surface area contributed by atoms with E-state index < -0.39 is 0 Å². The number of rotatable bonds is 4. The van der Waals surface area contributed by atoms with Gasteiger partial charge in [-0.1, -0.05) is 35.9 Å². The number of halogens is 1. The number of nitrogens with one attached hydrogen (secondary N) is 1. The van der Waals surface area contributed by atoms with Gasteiger partial charge in [-0.05, 0) is 43.3 Å². The lowest BCUT2D eigenvalue weighted by Gasteiger charge is -2.13. The molecule has 1 atom stereocenters. The van der Waals surface area contributed by atoms with Gasteiger partial charge in [-0.25, -0.2) is 4.98 Å². The number of likely N-dealkylation sites (N-methyl/N-ethyl adjacent to an activating group) is 1. The summed E-state index contributed by atoms with van der Waals surface area (Å²) in [6.07, 6.45) is 0.886. The average Bonchev–Trinajstić information content (AvgIpc) is 2.88. The molecule has 0 radical (unpaired) electrons. The predicted molar refractivity (Wildman–Crippen MR) is 86.6 cm³/mol. The van der Waals surface area contributed by atoms with Crippen LogP contribution in [-0.2, 0) is 6.42 Å². The molecule has 0 saturated carbocycles. The van der Waals surface area contributed by atoms with Gasteiger partial charge >= 0.3 is 0 Å². The Morgan fingerprint density at radius 3 is 2.80 bits per heavy atom. The van der Waals surface area contributed by atoms with Crippen molar-refractivity contribution in [2.45, 2.75) is 12.5 Å². The summed E-state index contributed by atoms with van der Waals surface area (Å²) in [4.78, 5) is 4.73. The molecule has 1 unspecified atom stereocenters. The molecule has 102 valence electrons. The first-order valence-electron chi connectivity index (χ1n) is 6.53. The van der Waals surface area contributed by atoms with Crippen molar-refractivity contribution in [3.8, 4) is 0 Å². The number of para-hydroxylation sites is 1. The van der Waals surface area contributed by atoms with Gasteiger partial charge in [0.15, 0.2) is 0 Å². The molecule has 0 aliphatic carbocycles. The molecule has 0 saturated heterocycles. The summed E-state index contributed by atoms with van der Waals surface area (Å²) < 4.78 is 1.23. The highest BCUT2D eigenvalue weighted by atomic mass is 35.5. The van der Waals surface area contributed by atoms with Crippen LogP contribution in [0.5, 0.6) is 0 Å². The van der Waals surface area contributed by atoms with E-state index in [0.717, 1.165) is 22.0 Å². The summed E-state index contributed by atoms with van der Waals surface area (Å²) in [6, 6.07) is 16.5. The van der Waals surface area contributed by atoms with Crippen LogP contribution in [0.2, 0.25) is 5.02 Å². The summed E-state index contributed by atoms with van der Waals surface area (Å²) in [5, 5.41) is 5.25. The Morgan fingerprint density at radius 1 is 1.20 bits per heavy atom. The van der Waals surface area contributed by atoms with Crippen molar-refractivity contribution < 1.29 is 0 Å². The summed E-state index contributed by atoms with van der Waals surface area (Å²) in [5.41, 5.74) is 2.29. The highest BCUT2D eigenvalue weighted by molar-refractivity contribution is 7.18. The van der Waals surface area contributed by atoms with Crippen molar-refractivity contribution in [1.82, 2.24) is 10.3 Å². The SMILES string of the molecule is CNC(Cc1cccc(Cl)c1)c1nc2ccccc2s1. The van der Waals surface area contributed by atoms with Gasteiger partial charge in [0.05, 0.1) is 16.3 Å². The molecule has 20 heavy (non-hydrogen) atoms. The van der Waals surface area contributed by atoms with Gasteiger partial charge in [0, 0.05) is 5.02 Å². The van der Waals surface area contributed by atoms with Crippen molar-refractivity contribution in [1.29, 1.82) is 0 Å². The Bertz CT molecular complexity index is 690. The van der Waals surface area contributed by atoms with E-state index in [9.17, 15) is 0 Å². The molecule has 0 bridgehead atoms. The summed E-state index contributed by atoms with van der Waals surface area (Å²) in [6.45, 7) is 0. The van der Waals surface area contributed by atoms with Gasteiger partial charge in [0.2, 0.25) is 0 Å². The highest BCUT2D eigenvalue weighted by Crippen LogP contribution is 2.28. The lowest BCUT2D eigenvalue weighted by atomic mass is 10.1. The first kappa shape index (κ1) is 13.6.